The van der Waals surface area contributed by atoms with Crippen molar-refractivity contribution < 1.29 is 4.79 Å². The van der Waals surface area contributed by atoms with E-state index in [0.29, 0.717) is 6.04 Å². The van der Waals surface area contributed by atoms with E-state index in [0.717, 1.165) is 52.6 Å². The first-order chi connectivity index (χ1) is 10.6. The van der Waals surface area contributed by atoms with Crippen LogP contribution < -0.4 is 5.32 Å². The standard InChI is InChI=1S/C17H20BrN3O.2ClH/c1-11-9-15(14-4-3-12(18)10-16(14)20-11)17(22)21-7-5-13(19-2)6-8-21;;/h3-4,9-10,13,19H,5-8H2,1-2H3;2*1H. The Labute approximate surface area is 163 Å². The number of amides is 1. The van der Waals surface area contributed by atoms with Crippen molar-refractivity contribution in [3.63, 3.8) is 0 Å². The van der Waals surface area contributed by atoms with Crippen molar-refractivity contribution in [3.05, 3.63) is 40.0 Å². The van der Waals surface area contributed by atoms with Gasteiger partial charge in [-0.2, -0.15) is 0 Å². The van der Waals surface area contributed by atoms with Crippen LogP contribution in [0.25, 0.3) is 10.9 Å². The number of fused-ring (bicyclic) bond motifs is 1. The molecule has 2 heterocycles. The zero-order valence-corrected chi connectivity index (χ0v) is 16.9. The third-order valence-electron chi connectivity index (χ3n) is 4.32. The van der Waals surface area contributed by atoms with Crippen LogP contribution in [-0.4, -0.2) is 42.0 Å². The highest BCUT2D eigenvalue weighted by molar-refractivity contribution is 9.10. The molecule has 4 nitrogen and oxygen atoms in total. The lowest BCUT2D eigenvalue weighted by atomic mass is 10.0. The lowest BCUT2D eigenvalue weighted by molar-refractivity contribution is 0.0709. The Morgan fingerprint density at radius 1 is 1.25 bits per heavy atom. The van der Waals surface area contributed by atoms with E-state index >= 15 is 0 Å². The molecule has 1 aliphatic heterocycles. The number of pyridine rings is 1. The highest BCUT2D eigenvalue weighted by atomic mass is 79.9. The fourth-order valence-electron chi connectivity index (χ4n) is 3.05. The molecule has 24 heavy (non-hydrogen) atoms. The van der Waals surface area contributed by atoms with Gasteiger partial charge in [0.2, 0.25) is 0 Å². The molecule has 0 aliphatic carbocycles. The molecular weight excluding hydrogens is 413 g/mol. The zero-order chi connectivity index (χ0) is 15.7. The summed E-state index contributed by atoms with van der Waals surface area (Å²) >= 11 is 3.47. The lowest BCUT2D eigenvalue weighted by Gasteiger charge is -2.32. The molecular formula is C17H22BrCl2N3O. The second-order valence-corrected chi connectivity index (χ2v) is 6.74. The maximum Gasteiger partial charge on any atom is 0.254 e. The van der Waals surface area contributed by atoms with Crippen LogP contribution in [-0.2, 0) is 0 Å². The maximum absolute atomic E-state index is 12.9. The smallest absolute Gasteiger partial charge is 0.254 e. The Bertz CT molecular complexity index is 713. The van der Waals surface area contributed by atoms with E-state index in [1.165, 1.54) is 0 Å². The third-order valence-corrected chi connectivity index (χ3v) is 4.81. The molecule has 7 heteroatoms. The van der Waals surface area contributed by atoms with Gasteiger partial charge in [-0.05, 0) is 45.0 Å². The molecule has 3 rings (SSSR count). The van der Waals surface area contributed by atoms with Gasteiger partial charge in [-0.3, -0.25) is 9.78 Å². The number of aryl methyl sites for hydroxylation is 1. The first kappa shape index (κ1) is 21.2. The topological polar surface area (TPSA) is 45.2 Å². The van der Waals surface area contributed by atoms with Gasteiger partial charge in [-0.1, -0.05) is 22.0 Å². The molecule has 1 N–H and O–H groups in total. The summed E-state index contributed by atoms with van der Waals surface area (Å²) in [4.78, 5) is 19.4. The largest absolute Gasteiger partial charge is 0.339 e. The van der Waals surface area contributed by atoms with Crippen LogP contribution >= 0.6 is 40.7 Å². The molecule has 132 valence electrons. The summed E-state index contributed by atoms with van der Waals surface area (Å²) in [5, 5.41) is 4.22. The SMILES string of the molecule is CNC1CCN(C(=O)c2cc(C)nc3cc(Br)ccc23)CC1.Cl.Cl. The van der Waals surface area contributed by atoms with E-state index in [-0.39, 0.29) is 30.7 Å². The number of rotatable bonds is 2. The van der Waals surface area contributed by atoms with Gasteiger partial charge in [0.1, 0.15) is 0 Å². The highest BCUT2D eigenvalue weighted by Crippen LogP contribution is 2.24. The molecule has 1 aromatic carbocycles. The summed E-state index contributed by atoms with van der Waals surface area (Å²) in [6, 6.07) is 8.33. The van der Waals surface area contributed by atoms with Crippen LogP contribution in [0.1, 0.15) is 28.9 Å². The molecule has 1 aliphatic rings. The van der Waals surface area contributed by atoms with Gasteiger partial charge in [0.05, 0.1) is 11.1 Å². The predicted octanol–water partition coefficient (Wildman–Crippen LogP) is 3.97. The zero-order valence-electron chi connectivity index (χ0n) is 13.7. The quantitative estimate of drug-likeness (QED) is 0.777. The average Bonchev–Trinajstić information content (AvgIpc) is 2.53. The van der Waals surface area contributed by atoms with Gasteiger partial charge in [0.25, 0.3) is 5.91 Å². The first-order valence-corrected chi connectivity index (χ1v) is 8.41. The number of carbonyl (C=O) groups is 1. The monoisotopic (exact) mass is 433 g/mol. The number of hydrogen-bond donors (Lipinski definition) is 1. The van der Waals surface area contributed by atoms with E-state index in [9.17, 15) is 4.79 Å². The van der Waals surface area contributed by atoms with Crippen LogP contribution in [0.15, 0.2) is 28.7 Å². The van der Waals surface area contributed by atoms with Crippen LogP contribution in [0.3, 0.4) is 0 Å². The van der Waals surface area contributed by atoms with E-state index in [1.807, 2.05) is 43.1 Å². The maximum atomic E-state index is 12.9. The second kappa shape index (κ2) is 8.99. The van der Waals surface area contributed by atoms with E-state index in [2.05, 4.69) is 26.2 Å². The minimum absolute atomic E-state index is 0. The number of benzene rings is 1. The first-order valence-electron chi connectivity index (χ1n) is 7.62. The second-order valence-electron chi connectivity index (χ2n) is 5.83. The van der Waals surface area contributed by atoms with Crippen LogP contribution in [0, 0.1) is 6.92 Å². The van der Waals surface area contributed by atoms with Gasteiger partial charge in [0.15, 0.2) is 0 Å². The van der Waals surface area contributed by atoms with Crippen molar-refractivity contribution in [1.82, 2.24) is 15.2 Å². The Kier molecular flexibility index (Phi) is 7.93. The molecule has 0 bridgehead atoms. The molecule has 1 amide bonds. The minimum Gasteiger partial charge on any atom is -0.339 e. The Morgan fingerprint density at radius 3 is 2.54 bits per heavy atom. The third kappa shape index (κ3) is 4.39. The Hall–Kier alpha value is -0.880. The predicted molar refractivity (Wildman–Crippen MR) is 107 cm³/mol. The summed E-state index contributed by atoms with van der Waals surface area (Å²) in [7, 11) is 1.99. The average molecular weight is 435 g/mol. The summed E-state index contributed by atoms with van der Waals surface area (Å²) in [6.45, 7) is 3.55. The molecule has 0 spiro atoms. The number of aromatic nitrogens is 1. The fraction of sp³-hybridized carbons (Fsp3) is 0.412. The molecule has 0 atom stereocenters. The number of halogens is 3. The molecule has 1 fully saturated rings. The van der Waals surface area contributed by atoms with Gasteiger partial charge in [0, 0.05) is 34.7 Å². The summed E-state index contributed by atoms with van der Waals surface area (Å²) in [5.74, 6) is 0.118. The molecule has 1 aromatic heterocycles. The number of likely N-dealkylation sites (tertiary alicyclic amines) is 1. The lowest BCUT2D eigenvalue weighted by Crippen LogP contribution is -2.44. The number of nitrogens with zero attached hydrogens (tertiary/aromatic N) is 2. The van der Waals surface area contributed by atoms with E-state index in [1.54, 1.807) is 0 Å². The Morgan fingerprint density at radius 2 is 1.92 bits per heavy atom. The van der Waals surface area contributed by atoms with Crippen molar-refractivity contribution in [1.29, 1.82) is 0 Å². The summed E-state index contributed by atoms with van der Waals surface area (Å²) < 4.78 is 0.978. The van der Waals surface area contributed by atoms with Crippen molar-refractivity contribution in [2.45, 2.75) is 25.8 Å². The molecule has 0 radical (unpaired) electrons. The minimum atomic E-state index is 0. The number of carbonyl (C=O) groups excluding carboxylic acids is 1. The van der Waals surface area contributed by atoms with Crippen molar-refractivity contribution >= 4 is 57.6 Å². The normalized spacial score (nSPS) is 14.9. The van der Waals surface area contributed by atoms with E-state index in [4.69, 9.17) is 0 Å². The number of hydrogen-bond acceptors (Lipinski definition) is 3. The van der Waals surface area contributed by atoms with Crippen molar-refractivity contribution in [3.8, 4) is 0 Å². The number of piperidine rings is 1. The fourth-order valence-corrected chi connectivity index (χ4v) is 3.40. The van der Waals surface area contributed by atoms with Gasteiger partial charge in [-0.15, -0.1) is 24.8 Å². The Balaban J connectivity index is 0.00000144. The van der Waals surface area contributed by atoms with Gasteiger partial charge < -0.3 is 10.2 Å². The van der Waals surface area contributed by atoms with Crippen molar-refractivity contribution in [2.75, 3.05) is 20.1 Å². The summed E-state index contributed by atoms with van der Waals surface area (Å²) in [5.41, 5.74) is 2.50. The molecule has 0 saturated carbocycles. The summed E-state index contributed by atoms with van der Waals surface area (Å²) in [6.07, 6.45) is 2.02. The van der Waals surface area contributed by atoms with Gasteiger partial charge in [-0.25, -0.2) is 0 Å². The molecule has 0 unspecified atom stereocenters. The van der Waals surface area contributed by atoms with E-state index < -0.39 is 0 Å². The molecule has 2 aromatic rings. The van der Waals surface area contributed by atoms with Crippen LogP contribution in [0.2, 0.25) is 0 Å². The number of nitrogens with one attached hydrogen (secondary N) is 1. The van der Waals surface area contributed by atoms with Gasteiger partial charge >= 0.3 is 0 Å². The van der Waals surface area contributed by atoms with Crippen LogP contribution in [0.4, 0.5) is 0 Å². The van der Waals surface area contributed by atoms with Crippen molar-refractivity contribution in [2.24, 2.45) is 0 Å². The molecule has 1 saturated heterocycles. The highest BCUT2D eigenvalue weighted by Gasteiger charge is 2.24. The van der Waals surface area contributed by atoms with Crippen LogP contribution in [0.5, 0.6) is 0 Å².